The molecule has 3 rings (SSSR count). The second-order valence-corrected chi connectivity index (χ2v) is 5.12. The van der Waals surface area contributed by atoms with Crippen molar-refractivity contribution in [2.75, 3.05) is 0 Å². The quantitative estimate of drug-likeness (QED) is 0.636. The normalized spacial score (nSPS) is 26.5. The minimum Gasteiger partial charge on any atom is -0.0850 e. The van der Waals surface area contributed by atoms with Gasteiger partial charge in [0.15, 0.2) is 0 Å². The fraction of sp³-hybridized carbons (Fsp3) is 0.294. The van der Waals surface area contributed by atoms with E-state index >= 15 is 0 Å². The molecule has 2 atom stereocenters. The van der Waals surface area contributed by atoms with Crippen LogP contribution in [0.1, 0.15) is 36.8 Å². The van der Waals surface area contributed by atoms with Gasteiger partial charge in [0.1, 0.15) is 0 Å². The average molecular weight is 222 g/mol. The lowest BCUT2D eigenvalue weighted by Crippen LogP contribution is -1.94. The molecule has 0 heterocycles. The second-order valence-electron chi connectivity index (χ2n) is 5.12. The van der Waals surface area contributed by atoms with Crippen molar-refractivity contribution in [2.24, 2.45) is 5.92 Å². The number of rotatable bonds is 2. The van der Waals surface area contributed by atoms with Crippen LogP contribution in [0.15, 0.2) is 54.6 Å². The SMILES string of the molecule is CC1C=CC(c2ccc(C3=CCC=C3)cc2)C1. The molecule has 0 aliphatic heterocycles. The van der Waals surface area contributed by atoms with Gasteiger partial charge in [0.25, 0.3) is 0 Å². The van der Waals surface area contributed by atoms with Crippen molar-refractivity contribution < 1.29 is 0 Å². The first-order valence-corrected chi connectivity index (χ1v) is 6.48. The van der Waals surface area contributed by atoms with Gasteiger partial charge in [-0.1, -0.05) is 61.6 Å². The minimum atomic E-state index is 0.632. The topological polar surface area (TPSA) is 0 Å². The Morgan fingerprint density at radius 1 is 1.06 bits per heavy atom. The van der Waals surface area contributed by atoms with E-state index in [0.29, 0.717) is 5.92 Å². The van der Waals surface area contributed by atoms with Gasteiger partial charge in [0.05, 0.1) is 0 Å². The first kappa shape index (κ1) is 10.6. The van der Waals surface area contributed by atoms with E-state index in [1.165, 1.54) is 23.1 Å². The van der Waals surface area contributed by atoms with Crippen LogP contribution in [0.2, 0.25) is 0 Å². The van der Waals surface area contributed by atoms with Crippen LogP contribution in [0.5, 0.6) is 0 Å². The van der Waals surface area contributed by atoms with E-state index in [4.69, 9.17) is 0 Å². The number of allylic oxidation sites excluding steroid dienone is 6. The number of benzene rings is 1. The molecule has 0 N–H and O–H groups in total. The molecule has 2 aliphatic carbocycles. The summed E-state index contributed by atoms with van der Waals surface area (Å²) in [7, 11) is 0. The Morgan fingerprint density at radius 3 is 2.47 bits per heavy atom. The van der Waals surface area contributed by atoms with Crippen molar-refractivity contribution in [1.29, 1.82) is 0 Å². The summed E-state index contributed by atoms with van der Waals surface area (Å²) in [6, 6.07) is 9.09. The van der Waals surface area contributed by atoms with Crippen LogP contribution in [-0.2, 0) is 0 Å². The van der Waals surface area contributed by atoms with Gasteiger partial charge in [-0.3, -0.25) is 0 Å². The zero-order chi connectivity index (χ0) is 11.7. The van der Waals surface area contributed by atoms with Crippen LogP contribution >= 0.6 is 0 Å². The lowest BCUT2D eigenvalue weighted by atomic mass is 9.94. The Balaban J connectivity index is 1.81. The highest BCUT2D eigenvalue weighted by molar-refractivity contribution is 5.76. The minimum absolute atomic E-state index is 0.632. The standard InChI is InChI=1S/C17H18/c1-13-6-7-17(12-13)16-10-8-15(9-11-16)14-4-2-3-5-14/h2,4-11,13,17H,3,12H2,1H3. The van der Waals surface area contributed by atoms with Gasteiger partial charge in [0, 0.05) is 5.92 Å². The van der Waals surface area contributed by atoms with Crippen molar-refractivity contribution in [3.63, 3.8) is 0 Å². The van der Waals surface area contributed by atoms with E-state index in [0.717, 1.165) is 12.3 Å². The maximum absolute atomic E-state index is 2.36. The lowest BCUT2D eigenvalue weighted by Gasteiger charge is -2.10. The Morgan fingerprint density at radius 2 is 1.88 bits per heavy atom. The van der Waals surface area contributed by atoms with Gasteiger partial charge in [-0.25, -0.2) is 0 Å². The predicted octanol–water partition coefficient (Wildman–Crippen LogP) is 4.71. The molecule has 0 fully saturated rings. The van der Waals surface area contributed by atoms with Crippen LogP contribution in [0.25, 0.3) is 5.57 Å². The molecule has 0 heteroatoms. The maximum atomic E-state index is 2.36. The third-order valence-corrected chi connectivity index (χ3v) is 3.74. The van der Waals surface area contributed by atoms with Crippen molar-refractivity contribution in [3.05, 3.63) is 65.8 Å². The van der Waals surface area contributed by atoms with E-state index in [2.05, 4.69) is 61.6 Å². The lowest BCUT2D eigenvalue weighted by molar-refractivity contribution is 0.648. The van der Waals surface area contributed by atoms with Gasteiger partial charge >= 0.3 is 0 Å². The summed E-state index contributed by atoms with van der Waals surface area (Å²) in [4.78, 5) is 0. The predicted molar refractivity (Wildman–Crippen MR) is 73.8 cm³/mol. The summed E-state index contributed by atoms with van der Waals surface area (Å²) in [6.45, 7) is 2.29. The van der Waals surface area contributed by atoms with Gasteiger partial charge in [-0.2, -0.15) is 0 Å². The number of hydrogen-bond donors (Lipinski definition) is 0. The fourth-order valence-electron chi connectivity index (χ4n) is 2.72. The number of hydrogen-bond acceptors (Lipinski definition) is 0. The summed E-state index contributed by atoms with van der Waals surface area (Å²) < 4.78 is 0. The largest absolute Gasteiger partial charge is 0.0850 e. The van der Waals surface area contributed by atoms with Crippen molar-refractivity contribution in [1.82, 2.24) is 0 Å². The van der Waals surface area contributed by atoms with Gasteiger partial charge in [-0.05, 0) is 35.5 Å². The smallest absolute Gasteiger partial charge is 0.00235 e. The highest BCUT2D eigenvalue weighted by atomic mass is 14.2. The van der Waals surface area contributed by atoms with Crippen LogP contribution in [0.4, 0.5) is 0 Å². The molecule has 0 spiro atoms. The van der Waals surface area contributed by atoms with Gasteiger partial charge < -0.3 is 0 Å². The third-order valence-electron chi connectivity index (χ3n) is 3.74. The van der Waals surface area contributed by atoms with Crippen molar-refractivity contribution in [3.8, 4) is 0 Å². The summed E-state index contributed by atoms with van der Waals surface area (Å²) >= 11 is 0. The Hall–Kier alpha value is -1.56. The molecule has 86 valence electrons. The van der Waals surface area contributed by atoms with E-state index in [9.17, 15) is 0 Å². The third kappa shape index (κ3) is 2.12. The molecule has 17 heavy (non-hydrogen) atoms. The molecule has 0 bridgehead atoms. The summed E-state index contributed by atoms with van der Waals surface area (Å²) in [5.74, 6) is 1.37. The average Bonchev–Trinajstić information content (AvgIpc) is 3.00. The fourth-order valence-corrected chi connectivity index (χ4v) is 2.72. The molecule has 0 saturated heterocycles. The molecule has 0 radical (unpaired) electrons. The molecular formula is C17H18. The monoisotopic (exact) mass is 222 g/mol. The van der Waals surface area contributed by atoms with Crippen LogP contribution in [0.3, 0.4) is 0 Å². The molecule has 0 amide bonds. The summed E-state index contributed by atoms with van der Waals surface area (Å²) in [5, 5.41) is 0. The van der Waals surface area contributed by atoms with E-state index in [1.807, 2.05) is 0 Å². The zero-order valence-electron chi connectivity index (χ0n) is 10.3. The first-order chi connectivity index (χ1) is 8.33. The molecule has 2 unspecified atom stereocenters. The highest BCUT2D eigenvalue weighted by Crippen LogP contribution is 2.32. The molecule has 0 aromatic heterocycles. The van der Waals surface area contributed by atoms with Crippen LogP contribution in [-0.4, -0.2) is 0 Å². The van der Waals surface area contributed by atoms with Crippen LogP contribution < -0.4 is 0 Å². The van der Waals surface area contributed by atoms with Crippen molar-refractivity contribution >= 4 is 5.57 Å². The summed E-state index contributed by atoms with van der Waals surface area (Å²) in [6.07, 6.45) is 13.8. The Bertz CT molecular complexity index is 485. The Kier molecular flexibility index (Phi) is 2.72. The van der Waals surface area contributed by atoms with Gasteiger partial charge in [-0.15, -0.1) is 0 Å². The first-order valence-electron chi connectivity index (χ1n) is 6.48. The molecule has 2 aliphatic rings. The maximum Gasteiger partial charge on any atom is 0.00235 e. The van der Waals surface area contributed by atoms with E-state index < -0.39 is 0 Å². The zero-order valence-corrected chi connectivity index (χ0v) is 10.3. The molecule has 0 saturated carbocycles. The summed E-state index contributed by atoms with van der Waals surface area (Å²) in [5.41, 5.74) is 4.17. The molecule has 0 nitrogen and oxygen atoms in total. The molecule has 1 aromatic rings. The van der Waals surface area contributed by atoms with Crippen molar-refractivity contribution in [2.45, 2.75) is 25.7 Å². The molecular weight excluding hydrogens is 204 g/mol. The Labute approximate surface area is 103 Å². The van der Waals surface area contributed by atoms with E-state index in [-0.39, 0.29) is 0 Å². The van der Waals surface area contributed by atoms with E-state index in [1.54, 1.807) is 0 Å². The van der Waals surface area contributed by atoms with Gasteiger partial charge in [0.2, 0.25) is 0 Å². The highest BCUT2D eigenvalue weighted by Gasteiger charge is 2.16. The van der Waals surface area contributed by atoms with Crippen LogP contribution in [0, 0.1) is 5.92 Å². The molecule has 1 aromatic carbocycles. The second kappa shape index (κ2) is 4.37.